The number of hydrogen-bond acceptors (Lipinski definition) is 4. The Hall–Kier alpha value is -0.0531. The van der Waals surface area contributed by atoms with Gasteiger partial charge < -0.3 is 13.9 Å². The predicted molar refractivity (Wildman–Crippen MR) is 119 cm³/mol. The summed E-state index contributed by atoms with van der Waals surface area (Å²) in [5.74, 6) is 0. The van der Waals surface area contributed by atoms with Crippen molar-refractivity contribution in [3.63, 3.8) is 0 Å². The van der Waals surface area contributed by atoms with E-state index in [1.165, 1.54) is 5.57 Å². The van der Waals surface area contributed by atoms with Gasteiger partial charge in [-0.15, -0.1) is 0 Å². The highest BCUT2D eigenvalue weighted by molar-refractivity contribution is 7.84. The molecule has 0 spiro atoms. The van der Waals surface area contributed by atoms with E-state index >= 15 is 0 Å². The molecule has 2 aliphatic rings. The van der Waals surface area contributed by atoms with Crippen LogP contribution in [-0.2, 0) is 24.9 Å². The molecule has 2 rings (SSSR count). The highest BCUT2D eigenvalue weighted by atomic mass is 32.2. The molecule has 0 amide bonds. The maximum Gasteiger partial charge on any atom is 0.192 e. The van der Waals surface area contributed by atoms with Crippen molar-refractivity contribution in [2.75, 3.05) is 26.4 Å². The minimum absolute atomic E-state index is 0.124. The Morgan fingerprint density at radius 3 is 2.29 bits per heavy atom. The summed E-state index contributed by atoms with van der Waals surface area (Å²) in [5.41, 5.74) is 1.26. The Bertz CT molecular complexity index is 574. The van der Waals surface area contributed by atoms with Gasteiger partial charge in [0.25, 0.3) is 0 Å². The van der Waals surface area contributed by atoms with Crippen LogP contribution in [0.15, 0.2) is 11.6 Å². The van der Waals surface area contributed by atoms with Crippen LogP contribution >= 0.6 is 0 Å². The fourth-order valence-electron chi connectivity index (χ4n) is 3.15. The van der Waals surface area contributed by atoms with Gasteiger partial charge in [-0.3, -0.25) is 0 Å². The van der Waals surface area contributed by atoms with Crippen molar-refractivity contribution < 1.29 is 18.1 Å². The molecule has 7 heteroatoms. The summed E-state index contributed by atoms with van der Waals surface area (Å²) in [6, 6.07) is 0.124. The molecule has 28 heavy (non-hydrogen) atoms. The molecule has 2 aliphatic heterocycles. The molecule has 5 nitrogen and oxygen atoms in total. The molecule has 1 saturated heterocycles. The van der Waals surface area contributed by atoms with E-state index in [1.807, 2.05) is 20.8 Å². The second-order valence-electron chi connectivity index (χ2n) is 10.4. The molecule has 0 unspecified atom stereocenters. The van der Waals surface area contributed by atoms with Crippen molar-refractivity contribution in [3.8, 4) is 0 Å². The summed E-state index contributed by atoms with van der Waals surface area (Å²) in [6.45, 7) is 20.4. The van der Waals surface area contributed by atoms with Gasteiger partial charge in [-0.1, -0.05) is 26.8 Å². The van der Waals surface area contributed by atoms with Gasteiger partial charge in [-0.2, -0.15) is 0 Å². The van der Waals surface area contributed by atoms with Crippen LogP contribution in [0.5, 0.6) is 0 Å². The third kappa shape index (κ3) is 6.22. The molecule has 2 heterocycles. The van der Waals surface area contributed by atoms with Crippen molar-refractivity contribution >= 4 is 19.3 Å². The van der Waals surface area contributed by atoms with Gasteiger partial charge in [0, 0.05) is 19.0 Å². The second-order valence-corrected chi connectivity index (χ2v) is 17.4. The molecular weight excluding hydrogens is 390 g/mol. The van der Waals surface area contributed by atoms with Crippen LogP contribution in [0.4, 0.5) is 0 Å². The lowest BCUT2D eigenvalue weighted by Gasteiger charge is -2.37. The number of nitrogens with zero attached hydrogens (tertiary/aromatic N) is 1. The summed E-state index contributed by atoms with van der Waals surface area (Å²) < 4.78 is 33.0. The highest BCUT2D eigenvalue weighted by Gasteiger charge is 2.40. The van der Waals surface area contributed by atoms with Crippen molar-refractivity contribution in [1.29, 1.82) is 0 Å². The standard InChI is InChI=1S/C21H41NO4SSi/c1-20(2,3)27(23)22-13-12-17(16-26-28(7,8)21(4,5)6)18(22)10-11-19-24-14-9-15-25-19/h12,18-19H,9-11,13-16H2,1-8H3/t18-,27-/m0/s1. The molecule has 0 saturated carbocycles. The Kier molecular flexibility index (Phi) is 8.12. The van der Waals surface area contributed by atoms with Crippen molar-refractivity contribution in [3.05, 3.63) is 11.6 Å². The Balaban J connectivity index is 2.07. The normalized spacial score (nSPS) is 24.4. The highest BCUT2D eigenvalue weighted by Crippen LogP contribution is 2.38. The first-order valence-electron chi connectivity index (χ1n) is 10.6. The van der Waals surface area contributed by atoms with Gasteiger partial charge in [0.15, 0.2) is 14.6 Å². The van der Waals surface area contributed by atoms with E-state index in [2.05, 4.69) is 44.2 Å². The van der Waals surface area contributed by atoms with Crippen molar-refractivity contribution in [2.45, 2.75) is 96.0 Å². The summed E-state index contributed by atoms with van der Waals surface area (Å²) >= 11 is 0. The average molecular weight is 432 g/mol. The van der Waals surface area contributed by atoms with E-state index in [0.29, 0.717) is 6.61 Å². The summed E-state index contributed by atoms with van der Waals surface area (Å²) in [5, 5.41) is 0.180. The molecular formula is C21H41NO4SSi. The van der Waals surface area contributed by atoms with Gasteiger partial charge in [0.1, 0.15) is 11.0 Å². The molecule has 2 atom stereocenters. The quantitative estimate of drug-likeness (QED) is 0.436. The lowest BCUT2D eigenvalue weighted by Crippen LogP contribution is -2.44. The molecule has 164 valence electrons. The molecule has 0 aliphatic carbocycles. The zero-order valence-electron chi connectivity index (χ0n) is 19.2. The average Bonchev–Trinajstić information content (AvgIpc) is 2.99. The van der Waals surface area contributed by atoms with Crippen molar-refractivity contribution in [1.82, 2.24) is 4.31 Å². The smallest absolute Gasteiger partial charge is 0.192 e. The summed E-state index contributed by atoms with van der Waals surface area (Å²) in [6.07, 6.45) is 4.75. The van der Waals surface area contributed by atoms with Crippen LogP contribution in [0, 0.1) is 0 Å². The molecule has 0 aromatic heterocycles. The Morgan fingerprint density at radius 2 is 1.75 bits per heavy atom. The molecule has 0 aromatic carbocycles. The number of rotatable bonds is 7. The molecule has 0 bridgehead atoms. The first kappa shape index (κ1) is 24.2. The first-order valence-corrected chi connectivity index (χ1v) is 14.6. The zero-order chi connectivity index (χ0) is 21.2. The third-order valence-corrected chi connectivity index (χ3v) is 12.4. The van der Waals surface area contributed by atoms with Crippen LogP contribution in [0.25, 0.3) is 0 Å². The van der Waals surface area contributed by atoms with E-state index in [4.69, 9.17) is 13.9 Å². The van der Waals surface area contributed by atoms with Crippen LogP contribution in [0.2, 0.25) is 18.1 Å². The SMILES string of the molecule is CC(C)(C)[S@](=O)N1CC=C(CO[Si](C)(C)C(C)(C)C)[C@@H]1CCC1OCCCO1. The Labute approximate surface area is 175 Å². The van der Waals surface area contributed by atoms with Crippen LogP contribution in [-0.4, -0.2) is 60.3 Å². The van der Waals surface area contributed by atoms with Gasteiger partial charge in [0.05, 0.1) is 24.6 Å². The largest absolute Gasteiger partial charge is 0.413 e. The number of hydrogen-bond donors (Lipinski definition) is 0. The second kappa shape index (κ2) is 9.39. The van der Waals surface area contributed by atoms with E-state index in [0.717, 1.165) is 39.0 Å². The minimum atomic E-state index is -1.83. The van der Waals surface area contributed by atoms with Gasteiger partial charge in [-0.25, -0.2) is 8.51 Å². The third-order valence-electron chi connectivity index (χ3n) is 6.02. The summed E-state index contributed by atoms with van der Waals surface area (Å²) in [4.78, 5) is 0. The van der Waals surface area contributed by atoms with Crippen LogP contribution in [0.1, 0.15) is 60.8 Å². The summed E-state index contributed by atoms with van der Waals surface area (Å²) in [7, 11) is -2.88. The van der Waals surface area contributed by atoms with Gasteiger partial charge in [-0.05, 0) is 57.3 Å². The van der Waals surface area contributed by atoms with Gasteiger partial charge in [0.2, 0.25) is 0 Å². The molecule has 0 aromatic rings. The minimum Gasteiger partial charge on any atom is -0.413 e. The number of ether oxygens (including phenoxy) is 2. The van der Waals surface area contributed by atoms with Crippen LogP contribution < -0.4 is 0 Å². The topological polar surface area (TPSA) is 48.0 Å². The fourth-order valence-corrected chi connectivity index (χ4v) is 5.50. The van der Waals surface area contributed by atoms with Gasteiger partial charge >= 0.3 is 0 Å². The Morgan fingerprint density at radius 1 is 1.14 bits per heavy atom. The molecule has 0 radical (unpaired) electrons. The van der Waals surface area contributed by atoms with Crippen molar-refractivity contribution in [2.24, 2.45) is 0 Å². The van der Waals surface area contributed by atoms with E-state index < -0.39 is 19.3 Å². The molecule has 1 fully saturated rings. The molecule has 0 N–H and O–H groups in total. The van der Waals surface area contributed by atoms with E-state index in [1.54, 1.807) is 0 Å². The van der Waals surface area contributed by atoms with E-state index in [-0.39, 0.29) is 22.1 Å². The van der Waals surface area contributed by atoms with Crippen LogP contribution in [0.3, 0.4) is 0 Å². The lowest BCUT2D eigenvalue weighted by atomic mass is 10.1. The lowest BCUT2D eigenvalue weighted by molar-refractivity contribution is -0.182. The zero-order valence-corrected chi connectivity index (χ0v) is 21.0. The van der Waals surface area contributed by atoms with E-state index in [9.17, 15) is 4.21 Å². The first-order chi connectivity index (χ1) is 12.8. The fraction of sp³-hybridized carbons (Fsp3) is 0.905. The predicted octanol–water partition coefficient (Wildman–Crippen LogP) is 4.62. The maximum atomic E-state index is 13.1. The maximum absolute atomic E-state index is 13.1. The monoisotopic (exact) mass is 431 g/mol.